The van der Waals surface area contributed by atoms with E-state index < -0.39 is 0 Å². The van der Waals surface area contributed by atoms with Crippen LogP contribution >= 0.6 is 0 Å². The second-order valence-electron chi connectivity index (χ2n) is 6.12. The molecule has 16 heavy (non-hydrogen) atoms. The highest BCUT2D eigenvalue weighted by molar-refractivity contribution is 4.62. The van der Waals surface area contributed by atoms with E-state index in [1.54, 1.807) is 0 Å². The molecule has 2 unspecified atom stereocenters. The topological polar surface area (TPSA) is 0 Å². The fourth-order valence-electron chi connectivity index (χ4n) is 2.30. The third-order valence-corrected chi connectivity index (χ3v) is 3.96. The van der Waals surface area contributed by atoms with Crippen LogP contribution in [0.4, 0.5) is 0 Å². The van der Waals surface area contributed by atoms with Gasteiger partial charge >= 0.3 is 0 Å². The van der Waals surface area contributed by atoms with Crippen LogP contribution in [-0.2, 0) is 0 Å². The lowest BCUT2D eigenvalue weighted by molar-refractivity contribution is 0.315. The monoisotopic (exact) mass is 226 g/mol. The van der Waals surface area contributed by atoms with Gasteiger partial charge < -0.3 is 0 Å². The summed E-state index contributed by atoms with van der Waals surface area (Å²) in [6.07, 6.45) is 11.5. The molecule has 0 saturated carbocycles. The Hall–Kier alpha value is 0. The van der Waals surface area contributed by atoms with Gasteiger partial charge in [0.05, 0.1) is 0 Å². The second-order valence-corrected chi connectivity index (χ2v) is 6.12. The van der Waals surface area contributed by atoms with Gasteiger partial charge in [-0.25, -0.2) is 0 Å². The molecule has 0 aliphatic carbocycles. The highest BCUT2D eigenvalue weighted by Gasteiger charge is 2.11. The first-order valence-electron chi connectivity index (χ1n) is 7.57. The molecule has 98 valence electrons. The maximum Gasteiger partial charge on any atom is -0.0417 e. The third kappa shape index (κ3) is 9.24. The van der Waals surface area contributed by atoms with Gasteiger partial charge in [0.2, 0.25) is 0 Å². The van der Waals surface area contributed by atoms with Gasteiger partial charge in [-0.05, 0) is 24.2 Å². The molecule has 0 spiro atoms. The van der Waals surface area contributed by atoms with Crippen molar-refractivity contribution in [1.29, 1.82) is 0 Å². The van der Waals surface area contributed by atoms with E-state index in [1.807, 2.05) is 0 Å². The Bertz CT molecular complexity index is 137. The van der Waals surface area contributed by atoms with Crippen molar-refractivity contribution in [3.05, 3.63) is 0 Å². The van der Waals surface area contributed by atoms with Gasteiger partial charge in [-0.3, -0.25) is 0 Å². The van der Waals surface area contributed by atoms with Crippen LogP contribution in [-0.4, -0.2) is 0 Å². The molecule has 0 aliphatic heterocycles. The first-order chi connectivity index (χ1) is 7.57. The SMILES string of the molecule is CCCCCCCCC(C)CC(C)C(C)C. The normalized spacial score (nSPS) is 15.4. The standard InChI is InChI=1S/C16H34/c1-6-7-8-9-10-11-12-15(4)13-16(5)14(2)3/h14-16H,6-13H2,1-5H3. The Kier molecular flexibility index (Phi) is 10.2. The van der Waals surface area contributed by atoms with E-state index in [0.717, 1.165) is 17.8 Å². The predicted molar refractivity (Wildman–Crippen MR) is 75.8 cm³/mol. The van der Waals surface area contributed by atoms with E-state index in [-0.39, 0.29) is 0 Å². The number of rotatable bonds is 10. The zero-order valence-electron chi connectivity index (χ0n) is 12.4. The van der Waals surface area contributed by atoms with Crippen molar-refractivity contribution in [3.8, 4) is 0 Å². The van der Waals surface area contributed by atoms with Crippen molar-refractivity contribution in [2.24, 2.45) is 17.8 Å². The molecule has 0 aromatic heterocycles. The van der Waals surface area contributed by atoms with E-state index in [1.165, 1.54) is 51.4 Å². The maximum absolute atomic E-state index is 2.44. The lowest BCUT2D eigenvalue weighted by atomic mass is 9.86. The molecule has 0 aromatic rings. The molecule has 0 saturated heterocycles. The Morgan fingerprint density at radius 3 is 1.88 bits per heavy atom. The molecule has 0 rings (SSSR count). The Morgan fingerprint density at radius 2 is 1.31 bits per heavy atom. The molecule has 0 heterocycles. The van der Waals surface area contributed by atoms with Crippen LogP contribution in [0.2, 0.25) is 0 Å². The van der Waals surface area contributed by atoms with Crippen molar-refractivity contribution >= 4 is 0 Å². The molecule has 0 heteroatoms. The minimum atomic E-state index is 0.854. The lowest BCUT2D eigenvalue weighted by Gasteiger charge is -2.20. The summed E-state index contributed by atoms with van der Waals surface area (Å²) in [6.45, 7) is 11.8. The molecule has 0 amide bonds. The van der Waals surface area contributed by atoms with Gasteiger partial charge in [-0.2, -0.15) is 0 Å². The number of hydrogen-bond donors (Lipinski definition) is 0. The predicted octanol–water partition coefficient (Wildman–Crippen LogP) is 6.06. The third-order valence-electron chi connectivity index (χ3n) is 3.96. The van der Waals surface area contributed by atoms with Crippen LogP contribution in [0.1, 0.15) is 86.0 Å². The van der Waals surface area contributed by atoms with Crippen LogP contribution < -0.4 is 0 Å². The van der Waals surface area contributed by atoms with E-state index in [0.29, 0.717) is 0 Å². The highest BCUT2D eigenvalue weighted by Crippen LogP contribution is 2.23. The molecule has 0 nitrogen and oxygen atoms in total. The first kappa shape index (κ1) is 16.0. The Balaban J connectivity index is 3.33. The minimum Gasteiger partial charge on any atom is -0.0654 e. The van der Waals surface area contributed by atoms with E-state index in [9.17, 15) is 0 Å². The molecular weight excluding hydrogens is 192 g/mol. The zero-order chi connectivity index (χ0) is 12.4. The maximum atomic E-state index is 2.44. The second kappa shape index (κ2) is 10.2. The molecule has 0 N–H and O–H groups in total. The Labute approximate surface area is 104 Å². The zero-order valence-corrected chi connectivity index (χ0v) is 12.4. The highest BCUT2D eigenvalue weighted by atomic mass is 14.2. The summed E-state index contributed by atoms with van der Waals surface area (Å²) in [4.78, 5) is 0. The summed E-state index contributed by atoms with van der Waals surface area (Å²) in [7, 11) is 0. The Morgan fingerprint density at radius 1 is 0.750 bits per heavy atom. The van der Waals surface area contributed by atoms with Gasteiger partial charge in [0.15, 0.2) is 0 Å². The average Bonchev–Trinajstić information content (AvgIpc) is 2.23. The van der Waals surface area contributed by atoms with Crippen LogP contribution in [0.15, 0.2) is 0 Å². The van der Waals surface area contributed by atoms with Crippen LogP contribution in [0.3, 0.4) is 0 Å². The van der Waals surface area contributed by atoms with Crippen molar-refractivity contribution in [1.82, 2.24) is 0 Å². The quantitative estimate of drug-likeness (QED) is 0.397. The molecule has 0 aromatic carbocycles. The molecule has 0 aliphatic rings. The van der Waals surface area contributed by atoms with Gasteiger partial charge in [-0.15, -0.1) is 0 Å². The van der Waals surface area contributed by atoms with Crippen LogP contribution in [0.25, 0.3) is 0 Å². The van der Waals surface area contributed by atoms with Gasteiger partial charge in [0.25, 0.3) is 0 Å². The van der Waals surface area contributed by atoms with Crippen molar-refractivity contribution < 1.29 is 0 Å². The molecule has 0 fully saturated rings. The first-order valence-corrected chi connectivity index (χ1v) is 7.57. The minimum absolute atomic E-state index is 0.854. The molecular formula is C16H34. The summed E-state index contributed by atoms with van der Waals surface area (Å²) in [5.74, 6) is 2.69. The molecule has 2 atom stereocenters. The number of hydrogen-bond acceptors (Lipinski definition) is 0. The van der Waals surface area contributed by atoms with Gasteiger partial charge in [0.1, 0.15) is 0 Å². The summed E-state index contributed by atoms with van der Waals surface area (Å²) >= 11 is 0. The van der Waals surface area contributed by atoms with Crippen molar-refractivity contribution in [2.45, 2.75) is 86.0 Å². The molecule has 0 radical (unpaired) electrons. The number of unbranched alkanes of at least 4 members (excludes halogenated alkanes) is 5. The average molecular weight is 226 g/mol. The van der Waals surface area contributed by atoms with E-state index in [2.05, 4.69) is 34.6 Å². The summed E-state index contributed by atoms with van der Waals surface area (Å²) in [5, 5.41) is 0. The van der Waals surface area contributed by atoms with E-state index >= 15 is 0 Å². The van der Waals surface area contributed by atoms with Gasteiger partial charge in [-0.1, -0.05) is 79.6 Å². The fraction of sp³-hybridized carbons (Fsp3) is 1.00. The lowest BCUT2D eigenvalue weighted by Crippen LogP contribution is -2.09. The van der Waals surface area contributed by atoms with Crippen LogP contribution in [0, 0.1) is 17.8 Å². The van der Waals surface area contributed by atoms with E-state index in [4.69, 9.17) is 0 Å². The smallest absolute Gasteiger partial charge is 0.0417 e. The van der Waals surface area contributed by atoms with Gasteiger partial charge in [0, 0.05) is 0 Å². The molecule has 0 bridgehead atoms. The summed E-state index contributed by atoms with van der Waals surface area (Å²) in [5.41, 5.74) is 0. The summed E-state index contributed by atoms with van der Waals surface area (Å²) in [6, 6.07) is 0. The van der Waals surface area contributed by atoms with Crippen molar-refractivity contribution in [3.63, 3.8) is 0 Å². The fourth-order valence-corrected chi connectivity index (χ4v) is 2.30. The van der Waals surface area contributed by atoms with Crippen molar-refractivity contribution in [2.75, 3.05) is 0 Å². The van der Waals surface area contributed by atoms with Crippen LogP contribution in [0.5, 0.6) is 0 Å². The largest absolute Gasteiger partial charge is 0.0654 e. The summed E-state index contributed by atoms with van der Waals surface area (Å²) < 4.78 is 0.